The molecule has 0 saturated carbocycles. The van der Waals surface area contributed by atoms with Gasteiger partial charge in [0.05, 0.1) is 5.69 Å². The number of anilines is 3. The lowest BCUT2D eigenvalue weighted by atomic mass is 10.2. The Kier molecular flexibility index (Phi) is 3.84. The smallest absolute Gasteiger partial charge is 0.326 e. The van der Waals surface area contributed by atoms with E-state index in [1.54, 1.807) is 24.3 Å². The Labute approximate surface area is 114 Å². The van der Waals surface area contributed by atoms with E-state index in [0.717, 1.165) is 6.07 Å². The van der Waals surface area contributed by atoms with Gasteiger partial charge in [-0.25, -0.2) is 13.6 Å². The SMILES string of the molecule is CN(C(=O)Nc1ccc(F)cc1F)c1ccc(N)cc1. The fraction of sp³-hybridized carbons (Fsp3) is 0.0714. The number of rotatable bonds is 2. The highest BCUT2D eigenvalue weighted by molar-refractivity contribution is 6.01. The Morgan fingerprint density at radius 1 is 1.15 bits per heavy atom. The van der Waals surface area contributed by atoms with Gasteiger partial charge in [0.1, 0.15) is 11.6 Å². The molecule has 0 heterocycles. The number of nitrogens with zero attached hydrogens (tertiary/aromatic N) is 1. The topological polar surface area (TPSA) is 58.4 Å². The molecule has 20 heavy (non-hydrogen) atoms. The average molecular weight is 277 g/mol. The molecule has 0 aromatic heterocycles. The van der Waals surface area contributed by atoms with Gasteiger partial charge in [-0.1, -0.05) is 0 Å². The highest BCUT2D eigenvalue weighted by Gasteiger charge is 2.13. The van der Waals surface area contributed by atoms with Gasteiger partial charge in [-0.15, -0.1) is 0 Å². The lowest BCUT2D eigenvalue weighted by Crippen LogP contribution is -2.31. The molecule has 0 fully saturated rings. The summed E-state index contributed by atoms with van der Waals surface area (Å²) in [5, 5.41) is 2.36. The van der Waals surface area contributed by atoms with E-state index in [4.69, 9.17) is 5.73 Å². The van der Waals surface area contributed by atoms with E-state index in [0.29, 0.717) is 17.4 Å². The maximum Gasteiger partial charge on any atom is 0.326 e. The number of urea groups is 1. The Hall–Kier alpha value is -2.63. The first-order valence-electron chi connectivity index (χ1n) is 5.82. The number of carbonyl (C=O) groups excluding carboxylic acids is 1. The van der Waals surface area contributed by atoms with E-state index in [1.807, 2.05) is 0 Å². The lowest BCUT2D eigenvalue weighted by molar-refractivity contribution is 0.258. The van der Waals surface area contributed by atoms with Gasteiger partial charge < -0.3 is 11.1 Å². The standard InChI is InChI=1S/C14H13F2N3O/c1-19(11-5-3-10(17)4-6-11)14(20)18-13-7-2-9(15)8-12(13)16/h2-8H,17H2,1H3,(H,18,20). The van der Waals surface area contributed by atoms with Crippen LogP contribution in [0.1, 0.15) is 0 Å². The largest absolute Gasteiger partial charge is 0.399 e. The molecular weight excluding hydrogens is 264 g/mol. The summed E-state index contributed by atoms with van der Waals surface area (Å²) in [4.78, 5) is 13.3. The molecule has 104 valence electrons. The molecule has 0 spiro atoms. The Balaban J connectivity index is 2.13. The van der Waals surface area contributed by atoms with Gasteiger partial charge in [-0.3, -0.25) is 4.90 Å². The van der Waals surface area contributed by atoms with Crippen LogP contribution < -0.4 is 16.0 Å². The summed E-state index contributed by atoms with van der Waals surface area (Å²) in [5.74, 6) is -1.53. The first-order valence-corrected chi connectivity index (χ1v) is 5.82. The first-order chi connectivity index (χ1) is 9.47. The summed E-state index contributed by atoms with van der Waals surface area (Å²) >= 11 is 0. The number of carbonyl (C=O) groups is 1. The third-order valence-corrected chi connectivity index (χ3v) is 2.76. The summed E-state index contributed by atoms with van der Waals surface area (Å²) in [6, 6.07) is 9.03. The van der Waals surface area contributed by atoms with Crippen LogP contribution in [0.15, 0.2) is 42.5 Å². The van der Waals surface area contributed by atoms with Gasteiger partial charge in [0, 0.05) is 24.5 Å². The predicted octanol–water partition coefficient (Wildman–Crippen LogP) is 3.22. The van der Waals surface area contributed by atoms with Crippen LogP contribution in [0.5, 0.6) is 0 Å². The third-order valence-electron chi connectivity index (χ3n) is 2.76. The maximum atomic E-state index is 13.4. The number of halogens is 2. The normalized spacial score (nSPS) is 10.2. The monoisotopic (exact) mass is 277 g/mol. The predicted molar refractivity (Wildman–Crippen MR) is 74.6 cm³/mol. The van der Waals surface area contributed by atoms with E-state index in [1.165, 1.54) is 18.0 Å². The zero-order valence-corrected chi connectivity index (χ0v) is 10.7. The van der Waals surface area contributed by atoms with E-state index in [2.05, 4.69) is 5.32 Å². The van der Waals surface area contributed by atoms with Gasteiger partial charge in [0.2, 0.25) is 0 Å². The zero-order chi connectivity index (χ0) is 14.7. The molecule has 6 heteroatoms. The van der Waals surface area contributed by atoms with Gasteiger partial charge in [-0.2, -0.15) is 0 Å². The number of nitrogens with two attached hydrogens (primary N) is 1. The van der Waals surface area contributed by atoms with Gasteiger partial charge in [0.25, 0.3) is 0 Å². The fourth-order valence-corrected chi connectivity index (χ4v) is 1.61. The quantitative estimate of drug-likeness (QED) is 0.828. The van der Waals surface area contributed by atoms with Crippen LogP contribution in [0.2, 0.25) is 0 Å². The van der Waals surface area contributed by atoms with Gasteiger partial charge >= 0.3 is 6.03 Å². The molecule has 2 aromatic carbocycles. The molecule has 0 saturated heterocycles. The third kappa shape index (κ3) is 3.03. The molecule has 0 aliphatic carbocycles. The Morgan fingerprint density at radius 2 is 1.80 bits per heavy atom. The van der Waals surface area contributed by atoms with Crippen molar-refractivity contribution in [3.63, 3.8) is 0 Å². The average Bonchev–Trinajstić information content (AvgIpc) is 2.42. The molecule has 0 atom stereocenters. The first kappa shape index (κ1) is 13.8. The van der Waals surface area contributed by atoms with Crippen molar-refractivity contribution in [3.8, 4) is 0 Å². The fourth-order valence-electron chi connectivity index (χ4n) is 1.61. The van der Waals surface area contributed by atoms with Crippen molar-refractivity contribution in [3.05, 3.63) is 54.1 Å². The molecule has 0 aliphatic rings. The van der Waals surface area contributed by atoms with E-state index >= 15 is 0 Å². The Morgan fingerprint density at radius 3 is 2.40 bits per heavy atom. The lowest BCUT2D eigenvalue weighted by Gasteiger charge is -2.18. The summed E-state index contributed by atoms with van der Waals surface area (Å²) in [5.41, 5.74) is 6.64. The second kappa shape index (κ2) is 5.56. The summed E-state index contributed by atoms with van der Waals surface area (Å²) in [7, 11) is 1.53. The highest BCUT2D eigenvalue weighted by Crippen LogP contribution is 2.18. The van der Waals surface area contributed by atoms with Crippen LogP contribution in [0.4, 0.5) is 30.6 Å². The summed E-state index contributed by atoms with van der Waals surface area (Å²) in [6.07, 6.45) is 0. The minimum atomic E-state index is -0.830. The van der Waals surface area contributed by atoms with E-state index in [-0.39, 0.29) is 5.69 Å². The molecule has 2 amide bonds. The van der Waals surface area contributed by atoms with Crippen molar-refractivity contribution in [2.45, 2.75) is 0 Å². The van der Waals surface area contributed by atoms with Crippen molar-refractivity contribution in [1.29, 1.82) is 0 Å². The van der Waals surface area contributed by atoms with Gasteiger partial charge in [0.15, 0.2) is 0 Å². The second-order valence-electron chi connectivity index (χ2n) is 4.20. The molecule has 0 radical (unpaired) electrons. The number of hydrogen-bond acceptors (Lipinski definition) is 2. The Bertz CT molecular complexity index is 629. The number of nitrogen functional groups attached to an aromatic ring is 1. The minimum absolute atomic E-state index is 0.0845. The van der Waals surface area contributed by atoms with Crippen molar-refractivity contribution in [2.75, 3.05) is 23.0 Å². The van der Waals surface area contributed by atoms with Crippen molar-refractivity contribution >= 4 is 23.1 Å². The molecule has 2 rings (SSSR count). The molecule has 0 bridgehead atoms. The number of nitrogens with one attached hydrogen (secondary N) is 1. The molecular formula is C14H13F2N3O. The van der Waals surface area contributed by atoms with E-state index in [9.17, 15) is 13.6 Å². The molecule has 0 aliphatic heterocycles. The molecule has 2 aromatic rings. The van der Waals surface area contributed by atoms with Crippen molar-refractivity contribution in [2.24, 2.45) is 0 Å². The number of amides is 2. The van der Waals surface area contributed by atoms with Crippen molar-refractivity contribution in [1.82, 2.24) is 0 Å². The minimum Gasteiger partial charge on any atom is -0.399 e. The summed E-state index contributed by atoms with van der Waals surface area (Å²) in [6.45, 7) is 0. The molecule has 3 N–H and O–H groups in total. The molecule has 0 unspecified atom stereocenters. The van der Waals surface area contributed by atoms with Crippen LogP contribution in [0, 0.1) is 11.6 Å². The van der Waals surface area contributed by atoms with Gasteiger partial charge in [-0.05, 0) is 36.4 Å². The molecule has 4 nitrogen and oxygen atoms in total. The highest BCUT2D eigenvalue weighted by atomic mass is 19.1. The van der Waals surface area contributed by atoms with Crippen LogP contribution >= 0.6 is 0 Å². The number of benzene rings is 2. The number of hydrogen-bond donors (Lipinski definition) is 2. The maximum absolute atomic E-state index is 13.4. The van der Waals surface area contributed by atoms with Crippen LogP contribution in [-0.2, 0) is 0 Å². The van der Waals surface area contributed by atoms with Crippen LogP contribution in [0.25, 0.3) is 0 Å². The van der Waals surface area contributed by atoms with Crippen LogP contribution in [0.3, 0.4) is 0 Å². The van der Waals surface area contributed by atoms with E-state index < -0.39 is 17.7 Å². The van der Waals surface area contributed by atoms with Crippen LogP contribution in [-0.4, -0.2) is 13.1 Å². The van der Waals surface area contributed by atoms with Crippen molar-refractivity contribution < 1.29 is 13.6 Å². The zero-order valence-electron chi connectivity index (χ0n) is 10.7. The summed E-state index contributed by atoms with van der Waals surface area (Å²) < 4.78 is 26.2. The second-order valence-corrected chi connectivity index (χ2v) is 4.20.